The van der Waals surface area contributed by atoms with Gasteiger partial charge < -0.3 is 4.90 Å². The van der Waals surface area contributed by atoms with Crippen LogP contribution in [-0.4, -0.2) is 10.8 Å². The average molecular weight is 345 g/mol. The van der Waals surface area contributed by atoms with Crippen LogP contribution >= 0.6 is 0 Å². The van der Waals surface area contributed by atoms with Crippen molar-refractivity contribution in [1.82, 2.24) is 4.90 Å². The van der Waals surface area contributed by atoms with Crippen LogP contribution in [0.25, 0.3) is 0 Å². The van der Waals surface area contributed by atoms with Gasteiger partial charge in [0.1, 0.15) is 0 Å². The van der Waals surface area contributed by atoms with Crippen LogP contribution in [0.3, 0.4) is 0 Å². The third-order valence-corrected chi connectivity index (χ3v) is 7.83. The van der Waals surface area contributed by atoms with E-state index in [1.807, 2.05) is 6.07 Å². The number of amides is 1. The van der Waals surface area contributed by atoms with Gasteiger partial charge in [-0.25, -0.2) is 0 Å². The Hall–Kier alpha value is -2.09. The van der Waals surface area contributed by atoms with Crippen LogP contribution in [0.5, 0.6) is 0 Å². The average Bonchev–Trinajstić information content (AvgIpc) is 3.23. The highest BCUT2D eigenvalue weighted by Crippen LogP contribution is 2.75. The summed E-state index contributed by atoms with van der Waals surface area (Å²) in [6, 6.07) is 21.4. The predicted molar refractivity (Wildman–Crippen MR) is 103 cm³/mol. The molecule has 2 saturated carbocycles. The molecule has 2 nitrogen and oxygen atoms in total. The van der Waals surface area contributed by atoms with Crippen molar-refractivity contribution in [2.24, 2.45) is 22.7 Å². The first-order chi connectivity index (χ1) is 12.6. The molecule has 2 aromatic carbocycles. The number of rotatable bonds is 3. The van der Waals surface area contributed by atoms with Crippen molar-refractivity contribution in [2.75, 3.05) is 0 Å². The maximum atomic E-state index is 13.7. The molecule has 1 heterocycles. The Bertz CT molecular complexity index is 828. The predicted octanol–water partition coefficient (Wildman–Crippen LogP) is 5.21. The lowest BCUT2D eigenvalue weighted by molar-refractivity contribution is -0.204. The van der Waals surface area contributed by atoms with Gasteiger partial charge in [0.15, 0.2) is 0 Å². The molecule has 0 N–H and O–H groups in total. The highest BCUT2D eigenvalue weighted by atomic mass is 16.2. The smallest absolute Gasteiger partial charge is 0.232 e. The number of carbonyl (C=O) groups is 1. The van der Waals surface area contributed by atoms with Gasteiger partial charge in [0.25, 0.3) is 0 Å². The van der Waals surface area contributed by atoms with Crippen LogP contribution < -0.4 is 0 Å². The molecule has 2 aliphatic carbocycles. The van der Waals surface area contributed by atoms with E-state index in [-0.39, 0.29) is 16.9 Å². The van der Waals surface area contributed by atoms with Crippen molar-refractivity contribution in [3.63, 3.8) is 0 Å². The zero-order valence-electron chi connectivity index (χ0n) is 15.7. The largest absolute Gasteiger partial charge is 0.330 e. The summed E-state index contributed by atoms with van der Waals surface area (Å²) in [4.78, 5) is 15.9. The van der Waals surface area contributed by atoms with Crippen LogP contribution in [0.1, 0.15) is 50.3 Å². The second-order valence-electron chi connectivity index (χ2n) is 9.03. The lowest BCUT2D eigenvalue weighted by atomic mass is 9.48. The van der Waals surface area contributed by atoms with E-state index in [2.05, 4.69) is 73.3 Å². The van der Waals surface area contributed by atoms with E-state index in [4.69, 9.17) is 0 Å². The molecule has 1 spiro atoms. The summed E-state index contributed by atoms with van der Waals surface area (Å²) in [7, 11) is 0. The first-order valence-electron chi connectivity index (χ1n) is 9.96. The summed E-state index contributed by atoms with van der Waals surface area (Å²) in [6.07, 6.45) is 3.76. The molecule has 134 valence electrons. The van der Waals surface area contributed by atoms with Crippen LogP contribution in [0.15, 0.2) is 60.7 Å². The van der Waals surface area contributed by atoms with Crippen molar-refractivity contribution in [3.05, 3.63) is 71.8 Å². The van der Waals surface area contributed by atoms with Crippen molar-refractivity contribution < 1.29 is 4.79 Å². The molecule has 4 atom stereocenters. The quantitative estimate of drug-likeness (QED) is 0.699. The summed E-state index contributed by atoms with van der Waals surface area (Å²) in [6.45, 7) is 5.45. The normalized spacial score (nSPS) is 34.3. The monoisotopic (exact) mass is 345 g/mol. The highest BCUT2D eigenvalue weighted by Gasteiger charge is 2.76. The molecule has 2 heteroatoms. The standard InChI is InChI=1S/C24H27NO/c1-23(2)19-13-14-20(15-19)24(23)21(18-11-7-4-8-12-18)25(22(24)26)16-17-9-5-3-6-10-17/h3-12,19-21H,13-16H2,1-2H3/t19-,20+,21-,24-/m1/s1. The van der Waals surface area contributed by atoms with E-state index in [1.54, 1.807) is 0 Å². The van der Waals surface area contributed by atoms with E-state index >= 15 is 0 Å². The summed E-state index contributed by atoms with van der Waals surface area (Å²) in [5, 5.41) is 0. The zero-order chi connectivity index (χ0) is 17.9. The number of benzene rings is 2. The molecule has 1 aliphatic heterocycles. The number of carbonyl (C=O) groups excluding carboxylic acids is 1. The van der Waals surface area contributed by atoms with Gasteiger partial charge in [0.05, 0.1) is 11.5 Å². The number of β-lactam (4-membered cyclic amide) rings is 1. The SMILES string of the molecule is CC1(C)[C@@H]2CC[C@@H](C2)[C@@]12C(=O)N(Cc1ccccc1)[C@@H]2c1ccccc1. The molecular formula is C24H27NO. The van der Waals surface area contributed by atoms with Gasteiger partial charge in [-0.15, -0.1) is 0 Å². The van der Waals surface area contributed by atoms with Gasteiger partial charge in [-0.2, -0.15) is 0 Å². The molecule has 1 amide bonds. The number of nitrogens with zero attached hydrogens (tertiary/aromatic N) is 1. The zero-order valence-corrected chi connectivity index (χ0v) is 15.7. The first-order valence-corrected chi connectivity index (χ1v) is 9.96. The Morgan fingerprint density at radius 1 is 0.923 bits per heavy atom. The molecule has 0 unspecified atom stereocenters. The fourth-order valence-electron chi connectivity index (χ4n) is 6.61. The maximum absolute atomic E-state index is 13.7. The Labute approximate surface area is 156 Å². The summed E-state index contributed by atoms with van der Waals surface area (Å²) < 4.78 is 0. The highest BCUT2D eigenvalue weighted by molar-refractivity contribution is 5.92. The molecule has 0 aromatic heterocycles. The topological polar surface area (TPSA) is 20.3 Å². The Kier molecular flexibility index (Phi) is 3.38. The molecule has 0 radical (unpaired) electrons. The minimum Gasteiger partial charge on any atom is -0.330 e. The van der Waals surface area contributed by atoms with Crippen molar-refractivity contribution in [1.29, 1.82) is 0 Å². The minimum absolute atomic E-state index is 0.0840. The number of hydrogen-bond donors (Lipinski definition) is 0. The van der Waals surface area contributed by atoms with Crippen LogP contribution in [0.2, 0.25) is 0 Å². The molecule has 3 fully saturated rings. The second kappa shape index (κ2) is 5.45. The van der Waals surface area contributed by atoms with Crippen LogP contribution in [-0.2, 0) is 11.3 Å². The Balaban J connectivity index is 1.59. The lowest BCUT2D eigenvalue weighted by Gasteiger charge is -2.64. The number of hydrogen-bond acceptors (Lipinski definition) is 1. The summed E-state index contributed by atoms with van der Waals surface area (Å²) >= 11 is 0. The fourth-order valence-corrected chi connectivity index (χ4v) is 6.61. The van der Waals surface area contributed by atoms with Gasteiger partial charge in [-0.3, -0.25) is 4.79 Å². The summed E-state index contributed by atoms with van der Waals surface area (Å²) in [5.41, 5.74) is 2.41. The Morgan fingerprint density at radius 2 is 1.54 bits per heavy atom. The van der Waals surface area contributed by atoms with Gasteiger partial charge in [-0.05, 0) is 47.6 Å². The van der Waals surface area contributed by atoms with Gasteiger partial charge in [0, 0.05) is 6.54 Å². The van der Waals surface area contributed by atoms with E-state index in [9.17, 15) is 4.79 Å². The minimum atomic E-state index is -0.202. The molecule has 2 aromatic rings. The van der Waals surface area contributed by atoms with Crippen LogP contribution in [0, 0.1) is 22.7 Å². The van der Waals surface area contributed by atoms with Crippen molar-refractivity contribution in [2.45, 2.75) is 45.7 Å². The van der Waals surface area contributed by atoms with Crippen LogP contribution in [0.4, 0.5) is 0 Å². The van der Waals surface area contributed by atoms with E-state index in [0.29, 0.717) is 24.3 Å². The van der Waals surface area contributed by atoms with Crippen molar-refractivity contribution >= 4 is 5.91 Å². The van der Waals surface area contributed by atoms with Gasteiger partial charge in [-0.1, -0.05) is 74.5 Å². The Morgan fingerprint density at radius 3 is 2.15 bits per heavy atom. The van der Waals surface area contributed by atoms with E-state index in [1.165, 1.54) is 30.4 Å². The molecule has 2 bridgehead atoms. The lowest BCUT2D eigenvalue weighted by Crippen LogP contribution is -2.70. The van der Waals surface area contributed by atoms with E-state index < -0.39 is 0 Å². The second-order valence-corrected chi connectivity index (χ2v) is 9.03. The maximum Gasteiger partial charge on any atom is 0.232 e. The summed E-state index contributed by atoms with van der Waals surface area (Å²) in [5.74, 6) is 1.64. The molecule has 26 heavy (non-hydrogen) atoms. The third kappa shape index (κ3) is 1.85. The molecule has 1 saturated heterocycles. The number of likely N-dealkylation sites (tertiary alicyclic amines) is 1. The molecular weight excluding hydrogens is 318 g/mol. The third-order valence-electron chi connectivity index (χ3n) is 7.83. The van der Waals surface area contributed by atoms with Gasteiger partial charge in [0.2, 0.25) is 5.91 Å². The fraction of sp³-hybridized carbons (Fsp3) is 0.458. The number of fused-ring (bicyclic) bond motifs is 3. The van der Waals surface area contributed by atoms with Crippen molar-refractivity contribution in [3.8, 4) is 0 Å². The molecule has 3 aliphatic rings. The molecule has 5 rings (SSSR count). The first kappa shape index (κ1) is 16.1. The van der Waals surface area contributed by atoms with E-state index in [0.717, 1.165) is 0 Å². The van der Waals surface area contributed by atoms with Gasteiger partial charge >= 0.3 is 0 Å².